The number of benzene rings is 1. The van der Waals surface area contributed by atoms with Gasteiger partial charge in [-0.1, -0.05) is 6.07 Å². The Morgan fingerprint density at radius 3 is 2.84 bits per heavy atom. The highest BCUT2D eigenvalue weighted by molar-refractivity contribution is 5.64. The van der Waals surface area contributed by atoms with Gasteiger partial charge in [-0.15, -0.1) is 0 Å². The van der Waals surface area contributed by atoms with Crippen LogP contribution in [0.5, 0.6) is 0 Å². The first kappa shape index (κ1) is 13.7. The second kappa shape index (κ2) is 5.52. The van der Waals surface area contributed by atoms with Crippen LogP contribution in [0.4, 0.5) is 15.8 Å². The highest BCUT2D eigenvalue weighted by Gasteiger charge is 2.28. The SMILES string of the molecule is CN(C)C1CCCN(c2cccc(F)c2[N+](=O)[O-])C1. The van der Waals surface area contributed by atoms with Crippen LogP contribution in [-0.2, 0) is 0 Å². The van der Waals surface area contributed by atoms with E-state index in [0.29, 0.717) is 18.3 Å². The summed E-state index contributed by atoms with van der Waals surface area (Å²) in [4.78, 5) is 14.4. The van der Waals surface area contributed by atoms with E-state index in [0.717, 1.165) is 25.5 Å². The number of hydrogen-bond acceptors (Lipinski definition) is 4. The zero-order valence-corrected chi connectivity index (χ0v) is 11.2. The summed E-state index contributed by atoms with van der Waals surface area (Å²) in [6.07, 6.45) is 2.02. The van der Waals surface area contributed by atoms with Gasteiger partial charge in [0.05, 0.1) is 4.92 Å². The van der Waals surface area contributed by atoms with E-state index < -0.39 is 16.4 Å². The van der Waals surface area contributed by atoms with E-state index in [4.69, 9.17) is 0 Å². The Kier molecular flexibility index (Phi) is 3.99. The maximum absolute atomic E-state index is 13.6. The topological polar surface area (TPSA) is 49.6 Å². The fourth-order valence-electron chi connectivity index (χ4n) is 2.53. The van der Waals surface area contributed by atoms with Crippen molar-refractivity contribution in [3.63, 3.8) is 0 Å². The van der Waals surface area contributed by atoms with Crippen LogP contribution in [-0.4, -0.2) is 43.0 Å². The minimum atomic E-state index is -0.769. The predicted molar refractivity (Wildman–Crippen MR) is 72.0 cm³/mol. The van der Waals surface area contributed by atoms with Crippen LogP contribution in [0.2, 0.25) is 0 Å². The Bertz CT molecular complexity index is 479. The molecule has 1 atom stereocenters. The number of anilines is 1. The first-order chi connectivity index (χ1) is 9.00. The van der Waals surface area contributed by atoms with Crippen LogP contribution in [0.15, 0.2) is 18.2 Å². The molecule has 1 saturated heterocycles. The third-order valence-corrected chi connectivity index (χ3v) is 3.62. The fraction of sp³-hybridized carbons (Fsp3) is 0.538. The molecule has 1 aromatic carbocycles. The van der Waals surface area contributed by atoms with E-state index in [-0.39, 0.29) is 0 Å². The molecule has 5 nitrogen and oxygen atoms in total. The smallest absolute Gasteiger partial charge is 0.327 e. The summed E-state index contributed by atoms with van der Waals surface area (Å²) < 4.78 is 13.6. The lowest BCUT2D eigenvalue weighted by molar-refractivity contribution is -0.386. The standard InChI is InChI=1S/C13H18FN3O2/c1-15(2)10-5-4-8-16(9-10)12-7-3-6-11(14)13(12)17(18)19/h3,6-7,10H,4-5,8-9H2,1-2H3. The molecule has 0 saturated carbocycles. The highest BCUT2D eigenvalue weighted by Crippen LogP contribution is 2.32. The van der Waals surface area contributed by atoms with Crippen LogP contribution >= 0.6 is 0 Å². The molecular formula is C13H18FN3O2. The molecule has 1 aromatic rings. The van der Waals surface area contributed by atoms with Crippen molar-refractivity contribution in [1.82, 2.24) is 4.90 Å². The molecule has 1 unspecified atom stereocenters. The first-order valence-corrected chi connectivity index (χ1v) is 6.35. The predicted octanol–water partition coefficient (Wildman–Crippen LogP) is 2.26. The van der Waals surface area contributed by atoms with Crippen molar-refractivity contribution in [2.24, 2.45) is 0 Å². The van der Waals surface area contributed by atoms with Crippen molar-refractivity contribution in [2.75, 3.05) is 32.1 Å². The summed E-state index contributed by atoms with van der Waals surface area (Å²) in [5.41, 5.74) is -0.0292. The molecule has 0 bridgehead atoms. The zero-order chi connectivity index (χ0) is 14.0. The monoisotopic (exact) mass is 267 g/mol. The van der Waals surface area contributed by atoms with Gasteiger partial charge >= 0.3 is 5.69 Å². The number of para-hydroxylation sites is 1. The molecule has 1 aliphatic rings. The Morgan fingerprint density at radius 2 is 2.21 bits per heavy atom. The molecule has 6 heteroatoms. The zero-order valence-electron chi connectivity index (χ0n) is 11.2. The second-order valence-electron chi connectivity index (χ2n) is 5.07. The Labute approximate surface area is 111 Å². The van der Waals surface area contributed by atoms with E-state index in [2.05, 4.69) is 4.90 Å². The van der Waals surface area contributed by atoms with E-state index in [1.165, 1.54) is 6.07 Å². The van der Waals surface area contributed by atoms with Crippen LogP contribution in [0.25, 0.3) is 0 Å². The van der Waals surface area contributed by atoms with Crippen LogP contribution < -0.4 is 4.90 Å². The number of rotatable bonds is 3. The largest absolute Gasteiger partial charge is 0.364 e. The van der Waals surface area contributed by atoms with E-state index >= 15 is 0 Å². The summed E-state index contributed by atoms with van der Waals surface area (Å²) in [6.45, 7) is 1.42. The van der Waals surface area contributed by atoms with Gasteiger partial charge in [-0.2, -0.15) is 4.39 Å². The highest BCUT2D eigenvalue weighted by atomic mass is 19.1. The molecule has 1 fully saturated rings. The van der Waals surface area contributed by atoms with Crippen LogP contribution in [0, 0.1) is 15.9 Å². The molecule has 0 aromatic heterocycles. The fourth-order valence-corrected chi connectivity index (χ4v) is 2.53. The Hall–Kier alpha value is -1.69. The summed E-state index contributed by atoms with van der Waals surface area (Å²) >= 11 is 0. The van der Waals surface area contributed by atoms with E-state index in [1.807, 2.05) is 19.0 Å². The van der Waals surface area contributed by atoms with Crippen LogP contribution in [0.3, 0.4) is 0 Å². The summed E-state index contributed by atoms with van der Waals surface area (Å²) in [7, 11) is 3.99. The minimum absolute atomic E-state index is 0.344. The molecule has 104 valence electrons. The number of nitro benzene ring substituents is 1. The normalized spacial score (nSPS) is 19.8. The maximum atomic E-state index is 13.6. The van der Waals surface area contributed by atoms with Gasteiger partial charge in [0.15, 0.2) is 0 Å². The van der Waals surface area contributed by atoms with Crippen molar-refractivity contribution >= 4 is 11.4 Å². The molecule has 19 heavy (non-hydrogen) atoms. The molecule has 1 aliphatic heterocycles. The Balaban J connectivity index is 2.31. The lowest BCUT2D eigenvalue weighted by Crippen LogP contribution is -2.45. The van der Waals surface area contributed by atoms with Crippen molar-refractivity contribution < 1.29 is 9.31 Å². The van der Waals surface area contributed by atoms with Gasteiger partial charge in [0.25, 0.3) is 0 Å². The van der Waals surface area contributed by atoms with Crippen molar-refractivity contribution in [2.45, 2.75) is 18.9 Å². The maximum Gasteiger partial charge on any atom is 0.327 e. The summed E-state index contributed by atoms with van der Waals surface area (Å²) in [6, 6.07) is 4.63. The number of hydrogen-bond donors (Lipinski definition) is 0. The summed E-state index contributed by atoms with van der Waals surface area (Å²) in [5.74, 6) is -0.769. The number of likely N-dealkylation sites (N-methyl/N-ethyl adjacent to an activating group) is 1. The lowest BCUT2D eigenvalue weighted by Gasteiger charge is -2.37. The van der Waals surface area contributed by atoms with Gasteiger partial charge in [-0.25, -0.2) is 0 Å². The molecule has 0 N–H and O–H groups in total. The third kappa shape index (κ3) is 2.84. The third-order valence-electron chi connectivity index (χ3n) is 3.62. The summed E-state index contributed by atoms with van der Waals surface area (Å²) in [5, 5.41) is 11.0. The molecule has 0 amide bonds. The first-order valence-electron chi connectivity index (χ1n) is 6.35. The van der Waals surface area contributed by atoms with Crippen molar-refractivity contribution in [3.05, 3.63) is 34.1 Å². The van der Waals surface area contributed by atoms with Gasteiger partial charge in [0.2, 0.25) is 5.82 Å². The quantitative estimate of drug-likeness (QED) is 0.622. The minimum Gasteiger partial charge on any atom is -0.364 e. The Morgan fingerprint density at radius 1 is 1.47 bits per heavy atom. The van der Waals surface area contributed by atoms with Gasteiger partial charge in [-0.05, 0) is 39.1 Å². The number of nitrogens with zero attached hydrogens (tertiary/aromatic N) is 3. The van der Waals surface area contributed by atoms with Gasteiger partial charge in [0.1, 0.15) is 5.69 Å². The van der Waals surface area contributed by atoms with Gasteiger partial charge in [-0.3, -0.25) is 10.1 Å². The number of halogens is 1. The molecule has 1 heterocycles. The van der Waals surface area contributed by atoms with Gasteiger partial charge in [0, 0.05) is 19.1 Å². The second-order valence-corrected chi connectivity index (χ2v) is 5.07. The van der Waals surface area contributed by atoms with Crippen molar-refractivity contribution in [1.29, 1.82) is 0 Å². The molecule has 0 aliphatic carbocycles. The number of nitro groups is 1. The lowest BCUT2D eigenvalue weighted by atomic mass is 10.0. The molecule has 0 spiro atoms. The molecule has 2 rings (SSSR count). The van der Waals surface area contributed by atoms with Crippen LogP contribution in [0.1, 0.15) is 12.8 Å². The molecule has 0 radical (unpaired) electrons. The van der Waals surface area contributed by atoms with Crippen molar-refractivity contribution in [3.8, 4) is 0 Å². The average molecular weight is 267 g/mol. The number of piperidine rings is 1. The van der Waals surface area contributed by atoms with Gasteiger partial charge < -0.3 is 9.80 Å². The molecular weight excluding hydrogens is 249 g/mol. The average Bonchev–Trinajstić information content (AvgIpc) is 2.38. The van der Waals surface area contributed by atoms with E-state index in [9.17, 15) is 14.5 Å². The van der Waals surface area contributed by atoms with E-state index in [1.54, 1.807) is 6.07 Å².